The van der Waals surface area contributed by atoms with Gasteiger partial charge in [0.2, 0.25) is 0 Å². The third-order valence-corrected chi connectivity index (χ3v) is 0. The standard InChI is InChI=1S/4CH4.4H3N/h4*1H4;4*1H3. The fourth-order valence-corrected chi connectivity index (χ4v) is 0. The maximum Gasteiger partial charge on any atom is -0.0776 e. The Hall–Kier alpha value is -0.160. The van der Waals surface area contributed by atoms with Crippen molar-refractivity contribution in [2.24, 2.45) is 0 Å². The molecule has 64 valence electrons. The van der Waals surface area contributed by atoms with Gasteiger partial charge in [-0.2, -0.15) is 0 Å². The molecule has 12 N–H and O–H groups in total. The Balaban J connectivity index is 0. The van der Waals surface area contributed by atoms with Gasteiger partial charge in [0.1, 0.15) is 0 Å². The first kappa shape index (κ1) is 14300. The van der Waals surface area contributed by atoms with Crippen LogP contribution >= 0.6 is 0 Å². The third kappa shape index (κ3) is 5340. The summed E-state index contributed by atoms with van der Waals surface area (Å²) in [6, 6.07) is 0. The van der Waals surface area contributed by atoms with Crippen LogP contribution in [-0.2, 0) is 0 Å². The molecule has 0 aliphatic rings. The molecule has 0 aliphatic heterocycles. The van der Waals surface area contributed by atoms with Crippen LogP contribution < -0.4 is 24.6 Å². The molecule has 0 amide bonds. The summed E-state index contributed by atoms with van der Waals surface area (Å²) in [7, 11) is 0. The second kappa shape index (κ2) is 9110. The number of hydrogen-bond donors (Lipinski definition) is 4. The van der Waals surface area contributed by atoms with Crippen LogP contribution in [0.4, 0.5) is 0 Å². The van der Waals surface area contributed by atoms with Crippen molar-refractivity contribution in [3.05, 3.63) is 0 Å². The summed E-state index contributed by atoms with van der Waals surface area (Å²) in [5.41, 5.74) is 0. The van der Waals surface area contributed by atoms with Crippen LogP contribution in [0.1, 0.15) is 29.7 Å². The van der Waals surface area contributed by atoms with E-state index in [9.17, 15) is 0 Å². The van der Waals surface area contributed by atoms with Gasteiger partial charge < -0.3 is 24.6 Å². The Morgan fingerprint density at radius 2 is 0.250 bits per heavy atom. The summed E-state index contributed by atoms with van der Waals surface area (Å²) in [6.07, 6.45) is 0. The van der Waals surface area contributed by atoms with Crippen molar-refractivity contribution in [2.45, 2.75) is 29.7 Å². The van der Waals surface area contributed by atoms with Crippen LogP contribution in [0.15, 0.2) is 0 Å². The first-order valence-corrected chi connectivity index (χ1v) is 0. The molecule has 0 fully saturated rings. The maximum atomic E-state index is 0. The van der Waals surface area contributed by atoms with Crippen LogP contribution in [0, 0.1) is 0 Å². The molecule has 0 spiro atoms. The zero-order valence-electron chi connectivity index (χ0n) is 2.83. The van der Waals surface area contributed by atoms with Crippen LogP contribution in [0.2, 0.25) is 0 Å². The number of rotatable bonds is 0. The Labute approximate surface area is 55.4 Å². The lowest BCUT2D eigenvalue weighted by Gasteiger charge is -0.345. The van der Waals surface area contributed by atoms with Crippen LogP contribution in [-0.4, -0.2) is 0 Å². The van der Waals surface area contributed by atoms with Gasteiger partial charge in [-0.25, -0.2) is 0 Å². The highest BCUT2D eigenvalue weighted by atomic mass is 14.0. The topological polar surface area (TPSA) is 140 Å². The molecule has 0 aromatic rings. The molecule has 0 radical (unpaired) electrons. The predicted octanol–water partition coefficient (Wildman–Crippen LogP) is 3.19. The molecule has 0 saturated heterocycles. The molecular weight excluding hydrogens is 104 g/mol. The highest BCUT2D eigenvalue weighted by molar-refractivity contribution is 2.51. The third-order valence-electron chi connectivity index (χ3n) is 0. The zero-order chi connectivity index (χ0) is 0. The molecule has 0 aromatic carbocycles. The van der Waals surface area contributed by atoms with Gasteiger partial charge >= 0.3 is 0 Å². The monoisotopic (exact) mass is 132 g/mol. The highest BCUT2D eigenvalue weighted by Crippen LogP contribution is 0.147. The van der Waals surface area contributed by atoms with E-state index >= 15 is 0 Å². The van der Waals surface area contributed by atoms with E-state index in [0.717, 1.165) is 0 Å². The van der Waals surface area contributed by atoms with E-state index in [0.29, 0.717) is 0 Å². The van der Waals surface area contributed by atoms with Crippen molar-refractivity contribution in [3.8, 4) is 0 Å². The average molecular weight is 132 g/mol. The highest BCUT2D eigenvalue weighted by Gasteiger charge is -0.0745. The van der Waals surface area contributed by atoms with Gasteiger partial charge in [0.05, 0.1) is 0 Å². The van der Waals surface area contributed by atoms with Crippen molar-refractivity contribution in [2.75, 3.05) is 0 Å². The Morgan fingerprint density at radius 1 is 0.250 bits per heavy atom. The van der Waals surface area contributed by atoms with Gasteiger partial charge in [-0.1, -0.05) is 29.7 Å². The van der Waals surface area contributed by atoms with Crippen molar-refractivity contribution >= 4 is 0 Å². The molecule has 4 nitrogen and oxygen atoms in total. The summed E-state index contributed by atoms with van der Waals surface area (Å²) in [6.45, 7) is 0. The smallest absolute Gasteiger partial charge is 0.0776 e. The van der Waals surface area contributed by atoms with Gasteiger partial charge in [0.25, 0.3) is 0 Å². The van der Waals surface area contributed by atoms with Crippen molar-refractivity contribution in [1.29, 1.82) is 0 Å². The largest absolute Gasteiger partial charge is 0.344 e. The summed E-state index contributed by atoms with van der Waals surface area (Å²) in [5, 5.41) is 0. The first-order chi connectivity index (χ1) is 0. The SMILES string of the molecule is C.C.C.C.N.N.N.N. The Morgan fingerprint density at radius 3 is 0.250 bits per heavy atom. The van der Waals surface area contributed by atoms with E-state index in [2.05, 4.69) is 0 Å². The van der Waals surface area contributed by atoms with Gasteiger partial charge in [-0.15, -0.1) is 0 Å². The molecular formula is C4H28N4. The minimum absolute atomic E-state index is 0. The molecule has 8 heavy (non-hydrogen) atoms. The lowest BCUT2D eigenvalue weighted by Crippen LogP contribution is -0.482. The first-order valence-electron chi connectivity index (χ1n) is 0. The van der Waals surface area contributed by atoms with E-state index in [1.165, 1.54) is 0 Å². The summed E-state index contributed by atoms with van der Waals surface area (Å²) in [5.74, 6) is 0. The second-order valence-corrected chi connectivity index (χ2v) is 0. The Bertz CT molecular complexity index is 8.00. The van der Waals surface area contributed by atoms with Crippen LogP contribution in [0.25, 0.3) is 0 Å². The van der Waals surface area contributed by atoms with Gasteiger partial charge in [0, 0.05) is 0 Å². The predicted molar refractivity (Wildman–Crippen MR) is 47.0 cm³/mol. The second-order valence-electron chi connectivity index (χ2n) is 0. The average Bonchev–Trinajstić information content (AvgIpc) is 0. The summed E-state index contributed by atoms with van der Waals surface area (Å²) < 4.78 is 0. The minimum Gasteiger partial charge on any atom is -0.344 e. The molecule has 0 rings (SSSR count). The van der Waals surface area contributed by atoms with Crippen LogP contribution in [0.5, 0.6) is 0 Å². The van der Waals surface area contributed by atoms with E-state index < -0.39 is 0 Å². The van der Waals surface area contributed by atoms with Gasteiger partial charge in [-0.05, 0) is 0 Å². The van der Waals surface area contributed by atoms with Gasteiger partial charge in [-0.3, -0.25) is 0 Å². The van der Waals surface area contributed by atoms with Crippen LogP contribution in [0.3, 0.4) is 0 Å². The van der Waals surface area contributed by atoms with Crippen molar-refractivity contribution in [3.63, 3.8) is 0 Å². The molecule has 0 saturated carbocycles. The fourth-order valence-electron chi connectivity index (χ4n) is 0. The summed E-state index contributed by atoms with van der Waals surface area (Å²) >= 11 is 0. The van der Waals surface area contributed by atoms with Gasteiger partial charge in [0.15, 0.2) is 0 Å². The van der Waals surface area contributed by atoms with E-state index in [1.54, 1.807) is 0 Å². The molecule has 0 bridgehead atoms. The lowest BCUT2D eigenvalue weighted by molar-refractivity contribution is 2.13. The fraction of sp³-hybridized carbons (Fsp3) is 1.00. The van der Waals surface area contributed by atoms with E-state index in [4.69, 9.17) is 0 Å². The van der Waals surface area contributed by atoms with E-state index in [1.807, 2.05) is 0 Å². The van der Waals surface area contributed by atoms with Crippen molar-refractivity contribution in [1.82, 2.24) is 24.6 Å². The molecule has 0 unspecified atom stereocenters. The minimum atomic E-state index is 0. The molecule has 4 heteroatoms. The quantitative estimate of drug-likeness (QED) is 0.401. The summed E-state index contributed by atoms with van der Waals surface area (Å²) in [4.78, 5) is 0. The molecule has 0 atom stereocenters. The van der Waals surface area contributed by atoms with Crippen molar-refractivity contribution < 1.29 is 0 Å². The number of hydrogen-bond acceptors (Lipinski definition) is 4. The maximum absolute atomic E-state index is 0. The molecule has 0 aliphatic carbocycles. The molecule has 0 aromatic heterocycles. The Kier molecular flexibility index (Phi) is 16300000. The molecule has 0 heterocycles. The normalized spacial score (nSPS) is 0. The zero-order valence-corrected chi connectivity index (χ0v) is 2.83. The van der Waals surface area contributed by atoms with E-state index in [-0.39, 0.29) is 54.3 Å². The lowest BCUT2D eigenvalue weighted by atomic mass is 12.0.